The van der Waals surface area contributed by atoms with Gasteiger partial charge in [-0.15, -0.1) is 0 Å². The Kier molecular flexibility index (Phi) is 3.50. The van der Waals surface area contributed by atoms with Crippen LogP contribution in [0.15, 0.2) is 40.9 Å². The van der Waals surface area contributed by atoms with E-state index in [4.69, 9.17) is 0 Å². The minimum Gasteiger partial charge on any atom is -0.382 e. The van der Waals surface area contributed by atoms with Crippen molar-refractivity contribution in [3.8, 4) is 11.1 Å². The highest BCUT2D eigenvalue weighted by Crippen LogP contribution is 2.39. The Labute approximate surface area is 134 Å². The summed E-state index contributed by atoms with van der Waals surface area (Å²) in [7, 11) is 0. The van der Waals surface area contributed by atoms with Gasteiger partial charge in [0.1, 0.15) is 0 Å². The number of rotatable bonds is 2. The SMILES string of the molecule is Brc1ccc2c(c1)-c1cc(NC3CCCCC3)ccc1C2. The number of nitrogens with one attached hydrogen (secondary N) is 1. The molecule has 1 N–H and O–H groups in total. The molecule has 21 heavy (non-hydrogen) atoms. The van der Waals surface area contributed by atoms with Gasteiger partial charge in [0.25, 0.3) is 0 Å². The van der Waals surface area contributed by atoms with Crippen LogP contribution in [0.2, 0.25) is 0 Å². The molecule has 0 bridgehead atoms. The third kappa shape index (κ3) is 2.62. The molecule has 4 rings (SSSR count). The Morgan fingerprint density at radius 1 is 0.857 bits per heavy atom. The lowest BCUT2D eigenvalue weighted by Gasteiger charge is -2.24. The molecule has 0 spiro atoms. The molecule has 1 fully saturated rings. The zero-order chi connectivity index (χ0) is 14.2. The average molecular weight is 342 g/mol. The fraction of sp³-hybridized carbons (Fsp3) is 0.368. The number of hydrogen-bond acceptors (Lipinski definition) is 1. The van der Waals surface area contributed by atoms with Crippen molar-refractivity contribution in [3.63, 3.8) is 0 Å². The van der Waals surface area contributed by atoms with Gasteiger partial charge in [0.2, 0.25) is 0 Å². The van der Waals surface area contributed by atoms with Crippen LogP contribution in [0, 0.1) is 0 Å². The summed E-state index contributed by atoms with van der Waals surface area (Å²) in [6.07, 6.45) is 7.86. The van der Waals surface area contributed by atoms with E-state index in [9.17, 15) is 0 Å². The second kappa shape index (κ2) is 5.49. The molecule has 2 aromatic rings. The second-order valence-corrected chi connectivity index (χ2v) is 7.25. The van der Waals surface area contributed by atoms with Crippen LogP contribution in [0.5, 0.6) is 0 Å². The molecule has 0 aromatic heterocycles. The Bertz CT molecular complexity index is 671. The van der Waals surface area contributed by atoms with Gasteiger partial charge in [-0.1, -0.05) is 47.3 Å². The molecular formula is C19H20BrN. The fourth-order valence-electron chi connectivity index (χ4n) is 3.71. The van der Waals surface area contributed by atoms with Gasteiger partial charge in [0.15, 0.2) is 0 Å². The van der Waals surface area contributed by atoms with E-state index in [2.05, 4.69) is 57.6 Å². The largest absolute Gasteiger partial charge is 0.382 e. The Morgan fingerprint density at radius 3 is 2.38 bits per heavy atom. The third-order valence-corrected chi connectivity index (χ3v) is 5.32. The number of hydrogen-bond donors (Lipinski definition) is 1. The predicted octanol–water partition coefficient (Wildman–Crippen LogP) is 5.76. The summed E-state index contributed by atoms with van der Waals surface area (Å²) >= 11 is 3.60. The summed E-state index contributed by atoms with van der Waals surface area (Å²) < 4.78 is 1.17. The van der Waals surface area contributed by atoms with Gasteiger partial charge in [-0.3, -0.25) is 0 Å². The van der Waals surface area contributed by atoms with Crippen LogP contribution < -0.4 is 5.32 Å². The summed E-state index contributed by atoms with van der Waals surface area (Å²) in [6, 6.07) is 14.2. The van der Waals surface area contributed by atoms with Crippen LogP contribution in [0.25, 0.3) is 11.1 Å². The normalized spacial score (nSPS) is 17.4. The molecule has 108 valence electrons. The van der Waals surface area contributed by atoms with Crippen molar-refractivity contribution in [2.45, 2.75) is 44.6 Å². The summed E-state index contributed by atoms with van der Waals surface area (Å²) in [5.74, 6) is 0. The zero-order valence-corrected chi connectivity index (χ0v) is 13.7. The minimum absolute atomic E-state index is 0.667. The highest BCUT2D eigenvalue weighted by Gasteiger charge is 2.20. The van der Waals surface area contributed by atoms with E-state index in [1.807, 2.05) is 0 Å². The molecule has 2 aromatic carbocycles. The first-order valence-corrected chi connectivity index (χ1v) is 8.77. The highest BCUT2D eigenvalue weighted by atomic mass is 79.9. The maximum atomic E-state index is 3.74. The minimum atomic E-state index is 0.667. The molecule has 2 heteroatoms. The van der Waals surface area contributed by atoms with Crippen LogP contribution >= 0.6 is 15.9 Å². The second-order valence-electron chi connectivity index (χ2n) is 6.33. The first-order valence-electron chi connectivity index (χ1n) is 7.98. The van der Waals surface area contributed by atoms with Gasteiger partial charge in [-0.2, -0.15) is 0 Å². The molecule has 0 amide bonds. The molecule has 0 saturated heterocycles. The van der Waals surface area contributed by atoms with Gasteiger partial charge >= 0.3 is 0 Å². The lowest BCUT2D eigenvalue weighted by Crippen LogP contribution is -2.22. The lowest BCUT2D eigenvalue weighted by atomic mass is 9.95. The molecular weight excluding hydrogens is 322 g/mol. The van der Waals surface area contributed by atoms with E-state index in [0.29, 0.717) is 6.04 Å². The van der Waals surface area contributed by atoms with Crippen molar-refractivity contribution in [3.05, 3.63) is 52.0 Å². The van der Waals surface area contributed by atoms with Crippen molar-refractivity contribution < 1.29 is 0 Å². The first-order chi connectivity index (χ1) is 10.3. The van der Waals surface area contributed by atoms with Crippen molar-refractivity contribution in [2.24, 2.45) is 0 Å². The van der Waals surface area contributed by atoms with E-state index in [-0.39, 0.29) is 0 Å². The summed E-state index contributed by atoms with van der Waals surface area (Å²) in [5, 5.41) is 3.74. The molecule has 1 nitrogen and oxygen atoms in total. The molecule has 0 radical (unpaired) electrons. The summed E-state index contributed by atoms with van der Waals surface area (Å²) in [4.78, 5) is 0. The fourth-order valence-corrected chi connectivity index (χ4v) is 4.07. The maximum Gasteiger partial charge on any atom is 0.0348 e. The van der Waals surface area contributed by atoms with Gasteiger partial charge in [-0.05, 0) is 65.8 Å². The van der Waals surface area contributed by atoms with Crippen LogP contribution in [0.1, 0.15) is 43.2 Å². The topological polar surface area (TPSA) is 12.0 Å². The number of halogens is 1. The van der Waals surface area contributed by atoms with Crippen LogP contribution in [-0.4, -0.2) is 6.04 Å². The standard InChI is InChI=1S/C19H20BrN/c20-15-8-6-13-10-14-7-9-17(12-19(14)18(13)11-15)21-16-4-2-1-3-5-16/h6-9,11-12,16,21H,1-5,10H2. The zero-order valence-electron chi connectivity index (χ0n) is 12.2. The summed E-state index contributed by atoms with van der Waals surface area (Å²) in [5.41, 5.74) is 6.99. The van der Waals surface area contributed by atoms with Crippen molar-refractivity contribution in [1.82, 2.24) is 0 Å². The van der Waals surface area contributed by atoms with Crippen molar-refractivity contribution >= 4 is 21.6 Å². The highest BCUT2D eigenvalue weighted by molar-refractivity contribution is 9.10. The van der Waals surface area contributed by atoms with Crippen molar-refractivity contribution in [2.75, 3.05) is 5.32 Å². The number of anilines is 1. The predicted molar refractivity (Wildman–Crippen MR) is 92.9 cm³/mol. The maximum absolute atomic E-state index is 3.74. The molecule has 0 aliphatic heterocycles. The molecule has 1 saturated carbocycles. The Hall–Kier alpha value is -1.28. The number of fused-ring (bicyclic) bond motifs is 3. The van der Waals surface area contributed by atoms with E-state index in [0.717, 1.165) is 6.42 Å². The van der Waals surface area contributed by atoms with Gasteiger partial charge in [0.05, 0.1) is 0 Å². The molecule has 2 aliphatic carbocycles. The molecule has 2 aliphatic rings. The van der Waals surface area contributed by atoms with Gasteiger partial charge < -0.3 is 5.32 Å². The van der Waals surface area contributed by atoms with E-state index in [1.54, 1.807) is 0 Å². The molecule has 0 heterocycles. The number of benzene rings is 2. The lowest BCUT2D eigenvalue weighted by molar-refractivity contribution is 0.463. The average Bonchev–Trinajstić information content (AvgIpc) is 2.86. The third-order valence-electron chi connectivity index (χ3n) is 4.83. The molecule has 0 unspecified atom stereocenters. The summed E-state index contributed by atoms with van der Waals surface area (Å²) in [6.45, 7) is 0. The Morgan fingerprint density at radius 2 is 1.57 bits per heavy atom. The molecule has 0 atom stereocenters. The van der Waals surface area contributed by atoms with Crippen LogP contribution in [-0.2, 0) is 6.42 Å². The van der Waals surface area contributed by atoms with E-state index >= 15 is 0 Å². The first kappa shape index (κ1) is 13.4. The quantitative estimate of drug-likeness (QED) is 0.624. The van der Waals surface area contributed by atoms with Gasteiger partial charge in [-0.25, -0.2) is 0 Å². The van der Waals surface area contributed by atoms with E-state index in [1.165, 1.54) is 64.5 Å². The monoisotopic (exact) mass is 341 g/mol. The van der Waals surface area contributed by atoms with E-state index < -0.39 is 0 Å². The van der Waals surface area contributed by atoms with Crippen LogP contribution in [0.3, 0.4) is 0 Å². The smallest absolute Gasteiger partial charge is 0.0348 e. The van der Waals surface area contributed by atoms with Crippen LogP contribution in [0.4, 0.5) is 5.69 Å². The van der Waals surface area contributed by atoms with Gasteiger partial charge in [0, 0.05) is 16.2 Å². The van der Waals surface area contributed by atoms with Crippen molar-refractivity contribution in [1.29, 1.82) is 0 Å². The Balaban J connectivity index is 1.64.